The van der Waals surface area contributed by atoms with Crippen LogP contribution in [0.5, 0.6) is 0 Å². The highest BCUT2D eigenvalue weighted by atomic mass is 16.2. The van der Waals surface area contributed by atoms with Crippen LogP contribution < -0.4 is 4.90 Å². The molecule has 120 valence electrons. The summed E-state index contributed by atoms with van der Waals surface area (Å²) >= 11 is 0. The molecule has 1 aliphatic heterocycles. The van der Waals surface area contributed by atoms with Crippen molar-refractivity contribution >= 4 is 17.2 Å². The Kier molecular flexibility index (Phi) is 2.80. The van der Waals surface area contributed by atoms with Crippen LogP contribution >= 0.6 is 0 Å². The van der Waals surface area contributed by atoms with E-state index < -0.39 is 0 Å². The fraction of sp³-hybridized carbons (Fsp3) is 0.316. The van der Waals surface area contributed by atoms with E-state index in [4.69, 9.17) is 0 Å². The quantitative estimate of drug-likeness (QED) is 0.692. The molecule has 1 spiro atoms. The van der Waals surface area contributed by atoms with Crippen molar-refractivity contribution in [1.29, 1.82) is 0 Å². The Labute approximate surface area is 139 Å². The molecular formula is C19H18N4O. The molecule has 3 heterocycles. The lowest BCUT2D eigenvalue weighted by atomic mass is 9.81. The number of benzene rings is 1. The van der Waals surface area contributed by atoms with Crippen molar-refractivity contribution in [3.8, 4) is 0 Å². The van der Waals surface area contributed by atoms with E-state index >= 15 is 0 Å². The van der Waals surface area contributed by atoms with Gasteiger partial charge in [-0.15, -0.1) is 10.2 Å². The molecule has 2 aromatic heterocycles. The van der Waals surface area contributed by atoms with Crippen molar-refractivity contribution in [3.05, 3.63) is 60.0 Å². The fourth-order valence-electron chi connectivity index (χ4n) is 4.40. The number of fused-ring (bicyclic) bond motifs is 3. The van der Waals surface area contributed by atoms with Crippen molar-refractivity contribution < 1.29 is 4.79 Å². The minimum Gasteiger partial charge on any atom is -0.307 e. The first-order valence-electron chi connectivity index (χ1n) is 8.48. The summed E-state index contributed by atoms with van der Waals surface area (Å²) < 4.78 is 1.79. The number of carbonyl (C=O) groups is 1. The van der Waals surface area contributed by atoms with Gasteiger partial charge in [-0.2, -0.15) is 0 Å². The molecule has 1 fully saturated rings. The fourth-order valence-corrected chi connectivity index (χ4v) is 4.40. The van der Waals surface area contributed by atoms with Gasteiger partial charge in [0.1, 0.15) is 6.33 Å². The normalized spacial score (nSPS) is 18.4. The summed E-state index contributed by atoms with van der Waals surface area (Å²) in [7, 11) is 0. The van der Waals surface area contributed by atoms with Gasteiger partial charge in [-0.05, 0) is 36.6 Å². The Morgan fingerprint density at radius 3 is 2.79 bits per heavy atom. The van der Waals surface area contributed by atoms with Crippen molar-refractivity contribution in [1.82, 2.24) is 14.6 Å². The SMILES string of the molecule is O=C(c1ccc2nncn2c1)N1CC2(CCCC2)c2ccccc21. The van der Waals surface area contributed by atoms with Crippen LogP contribution in [0.2, 0.25) is 0 Å². The lowest BCUT2D eigenvalue weighted by molar-refractivity contribution is 0.0984. The van der Waals surface area contributed by atoms with Gasteiger partial charge in [0.15, 0.2) is 5.65 Å². The summed E-state index contributed by atoms with van der Waals surface area (Å²) in [5.41, 5.74) is 4.01. The molecule has 3 aromatic rings. The summed E-state index contributed by atoms with van der Waals surface area (Å²) in [4.78, 5) is 15.2. The van der Waals surface area contributed by atoms with Crippen LogP contribution in [0.15, 0.2) is 48.9 Å². The van der Waals surface area contributed by atoms with E-state index in [-0.39, 0.29) is 11.3 Å². The van der Waals surface area contributed by atoms with Gasteiger partial charge in [0.05, 0.1) is 5.56 Å². The Bertz CT molecular complexity index is 939. The van der Waals surface area contributed by atoms with E-state index in [9.17, 15) is 4.79 Å². The van der Waals surface area contributed by atoms with E-state index in [0.29, 0.717) is 5.56 Å². The van der Waals surface area contributed by atoms with Gasteiger partial charge in [0, 0.05) is 23.8 Å². The van der Waals surface area contributed by atoms with Crippen LogP contribution in [0, 0.1) is 0 Å². The number of hydrogen-bond donors (Lipinski definition) is 0. The average molecular weight is 318 g/mol. The summed E-state index contributed by atoms with van der Waals surface area (Å²) in [6.45, 7) is 0.797. The molecule has 2 aliphatic rings. The third-order valence-electron chi connectivity index (χ3n) is 5.57. The molecule has 0 saturated heterocycles. The molecule has 0 unspecified atom stereocenters. The molecular weight excluding hydrogens is 300 g/mol. The zero-order valence-electron chi connectivity index (χ0n) is 13.4. The van der Waals surface area contributed by atoms with Crippen LogP contribution in [0.4, 0.5) is 5.69 Å². The number of carbonyl (C=O) groups excluding carboxylic acids is 1. The first kappa shape index (κ1) is 13.7. The molecule has 24 heavy (non-hydrogen) atoms. The monoisotopic (exact) mass is 318 g/mol. The molecule has 5 nitrogen and oxygen atoms in total. The van der Waals surface area contributed by atoms with Gasteiger partial charge in [0.25, 0.3) is 5.91 Å². The number of rotatable bonds is 1. The van der Waals surface area contributed by atoms with Gasteiger partial charge in [-0.25, -0.2) is 0 Å². The van der Waals surface area contributed by atoms with E-state index in [1.54, 1.807) is 10.7 Å². The minimum atomic E-state index is 0.0572. The molecule has 0 bridgehead atoms. The van der Waals surface area contributed by atoms with E-state index in [0.717, 1.165) is 17.9 Å². The molecule has 1 saturated carbocycles. The van der Waals surface area contributed by atoms with Crippen LogP contribution in [-0.2, 0) is 5.41 Å². The first-order chi connectivity index (χ1) is 11.8. The minimum absolute atomic E-state index is 0.0572. The zero-order chi connectivity index (χ0) is 16.1. The molecule has 5 rings (SSSR count). The average Bonchev–Trinajstić information content (AvgIpc) is 3.34. The van der Waals surface area contributed by atoms with Gasteiger partial charge in [-0.3, -0.25) is 9.20 Å². The van der Waals surface area contributed by atoms with Gasteiger partial charge < -0.3 is 4.90 Å². The highest BCUT2D eigenvalue weighted by Crippen LogP contribution is 2.50. The van der Waals surface area contributed by atoms with Gasteiger partial charge >= 0.3 is 0 Å². The number of nitrogens with zero attached hydrogens (tertiary/aromatic N) is 4. The smallest absolute Gasteiger partial charge is 0.259 e. The van der Waals surface area contributed by atoms with E-state index in [1.165, 1.54) is 31.2 Å². The number of hydrogen-bond acceptors (Lipinski definition) is 3. The second-order valence-electron chi connectivity index (χ2n) is 6.91. The van der Waals surface area contributed by atoms with Crippen LogP contribution in [0.1, 0.15) is 41.6 Å². The number of anilines is 1. The maximum absolute atomic E-state index is 13.2. The Morgan fingerprint density at radius 2 is 1.92 bits per heavy atom. The van der Waals surface area contributed by atoms with Crippen molar-refractivity contribution in [2.24, 2.45) is 0 Å². The van der Waals surface area contributed by atoms with Crippen LogP contribution in [-0.4, -0.2) is 27.0 Å². The van der Waals surface area contributed by atoms with Crippen LogP contribution in [0.25, 0.3) is 5.65 Å². The lowest BCUT2D eigenvalue weighted by Gasteiger charge is -2.24. The molecule has 1 aliphatic carbocycles. The largest absolute Gasteiger partial charge is 0.307 e. The highest BCUT2D eigenvalue weighted by molar-refractivity contribution is 6.07. The second kappa shape index (κ2) is 4.90. The molecule has 1 amide bonds. The first-order valence-corrected chi connectivity index (χ1v) is 8.48. The van der Waals surface area contributed by atoms with E-state index in [2.05, 4.69) is 28.4 Å². The molecule has 5 heteroatoms. The summed E-state index contributed by atoms with van der Waals surface area (Å²) in [6.07, 6.45) is 8.31. The Hall–Kier alpha value is -2.69. The Balaban J connectivity index is 1.58. The van der Waals surface area contributed by atoms with Crippen molar-refractivity contribution in [3.63, 3.8) is 0 Å². The summed E-state index contributed by atoms with van der Waals surface area (Å²) in [5, 5.41) is 7.88. The van der Waals surface area contributed by atoms with Crippen molar-refractivity contribution in [2.75, 3.05) is 11.4 Å². The Morgan fingerprint density at radius 1 is 1.08 bits per heavy atom. The highest BCUT2D eigenvalue weighted by Gasteiger charge is 2.46. The maximum atomic E-state index is 13.2. The summed E-state index contributed by atoms with van der Waals surface area (Å²) in [6, 6.07) is 12.1. The maximum Gasteiger partial charge on any atom is 0.259 e. The molecule has 0 N–H and O–H groups in total. The van der Waals surface area contributed by atoms with E-state index in [1.807, 2.05) is 29.3 Å². The zero-order valence-corrected chi connectivity index (χ0v) is 13.4. The van der Waals surface area contributed by atoms with Gasteiger partial charge in [-0.1, -0.05) is 31.0 Å². The third-order valence-corrected chi connectivity index (χ3v) is 5.57. The number of aromatic nitrogens is 3. The predicted molar refractivity (Wildman–Crippen MR) is 91.3 cm³/mol. The third kappa shape index (κ3) is 1.84. The number of pyridine rings is 1. The molecule has 0 atom stereocenters. The standard InChI is InChI=1S/C19H18N4O/c24-18(14-7-8-17-21-20-13-22(17)11-14)23-12-19(9-3-4-10-19)15-5-1-2-6-16(15)23/h1-2,5-8,11,13H,3-4,9-10,12H2. The topological polar surface area (TPSA) is 50.5 Å². The van der Waals surface area contributed by atoms with Crippen molar-refractivity contribution in [2.45, 2.75) is 31.1 Å². The van der Waals surface area contributed by atoms with Crippen LogP contribution in [0.3, 0.4) is 0 Å². The second-order valence-corrected chi connectivity index (χ2v) is 6.91. The lowest BCUT2D eigenvalue weighted by Crippen LogP contribution is -2.35. The molecule has 0 radical (unpaired) electrons. The predicted octanol–water partition coefficient (Wildman–Crippen LogP) is 3.20. The number of amides is 1. The summed E-state index contributed by atoms with van der Waals surface area (Å²) in [5.74, 6) is 0.0572. The molecule has 1 aromatic carbocycles. The number of para-hydroxylation sites is 1. The van der Waals surface area contributed by atoms with Gasteiger partial charge in [0.2, 0.25) is 0 Å².